The first-order valence-corrected chi connectivity index (χ1v) is 6.52. The Morgan fingerprint density at radius 2 is 2.15 bits per heavy atom. The smallest absolute Gasteiger partial charge is 0.170 e. The van der Waals surface area contributed by atoms with E-state index in [9.17, 15) is 4.39 Å². The van der Waals surface area contributed by atoms with Crippen molar-refractivity contribution in [3.63, 3.8) is 0 Å². The van der Waals surface area contributed by atoms with Crippen molar-refractivity contribution in [1.29, 1.82) is 0 Å². The Hall–Kier alpha value is -2.43. The molecule has 3 rings (SSSR count). The molecular formula is C15H14FN3O. The lowest BCUT2D eigenvalue weighted by molar-refractivity contribution is 0.567. The van der Waals surface area contributed by atoms with Gasteiger partial charge in [-0.15, -0.1) is 0 Å². The molecule has 0 saturated carbocycles. The second-order valence-corrected chi connectivity index (χ2v) is 4.48. The van der Waals surface area contributed by atoms with Crippen LogP contribution in [-0.2, 0) is 0 Å². The lowest BCUT2D eigenvalue weighted by Gasteiger charge is -2.03. The van der Waals surface area contributed by atoms with Crippen LogP contribution in [0.4, 0.5) is 10.2 Å². The lowest BCUT2D eigenvalue weighted by atomic mass is 10.2. The van der Waals surface area contributed by atoms with Crippen molar-refractivity contribution in [2.24, 2.45) is 0 Å². The van der Waals surface area contributed by atoms with Crippen LogP contribution in [0, 0.1) is 5.82 Å². The monoisotopic (exact) mass is 271 g/mol. The maximum Gasteiger partial charge on any atom is 0.170 e. The minimum atomic E-state index is -0.368. The molecule has 1 N–H and O–H groups in total. The largest absolute Gasteiger partial charge is 0.451 e. The Balaban J connectivity index is 2.00. The third-order valence-electron chi connectivity index (χ3n) is 2.97. The van der Waals surface area contributed by atoms with Gasteiger partial charge in [-0.05, 0) is 18.6 Å². The molecule has 0 aliphatic rings. The fraction of sp³-hybridized carbons (Fsp3) is 0.200. The van der Waals surface area contributed by atoms with Gasteiger partial charge in [0.1, 0.15) is 17.8 Å². The standard InChI is InChI=1S/C15H14FN3O/c1-2-6-17-14-8-12(18-9-19-14)13-7-10-4-3-5-11(16)15(10)20-13/h3-5,7-9H,2,6H2,1H3,(H,17,18,19). The fourth-order valence-corrected chi connectivity index (χ4v) is 2.00. The molecule has 0 aliphatic carbocycles. The van der Waals surface area contributed by atoms with Crippen LogP contribution in [0.15, 0.2) is 41.1 Å². The molecule has 3 aromatic rings. The van der Waals surface area contributed by atoms with Crippen molar-refractivity contribution in [2.75, 3.05) is 11.9 Å². The van der Waals surface area contributed by atoms with Gasteiger partial charge in [0.05, 0.1) is 0 Å². The molecule has 2 aromatic heterocycles. The van der Waals surface area contributed by atoms with E-state index in [1.54, 1.807) is 18.2 Å². The van der Waals surface area contributed by atoms with E-state index in [0.29, 0.717) is 11.5 Å². The number of para-hydroxylation sites is 1. The highest BCUT2D eigenvalue weighted by molar-refractivity contribution is 5.82. The number of anilines is 1. The van der Waals surface area contributed by atoms with Crippen molar-refractivity contribution in [3.05, 3.63) is 42.5 Å². The van der Waals surface area contributed by atoms with Crippen molar-refractivity contribution in [2.45, 2.75) is 13.3 Å². The second kappa shape index (κ2) is 5.28. The normalized spacial score (nSPS) is 10.9. The summed E-state index contributed by atoms with van der Waals surface area (Å²) in [6, 6.07) is 8.42. The first-order chi connectivity index (χ1) is 9.78. The predicted octanol–water partition coefficient (Wildman–Crippen LogP) is 3.85. The molecule has 0 bridgehead atoms. The van der Waals surface area contributed by atoms with Gasteiger partial charge in [0.15, 0.2) is 17.2 Å². The Morgan fingerprint density at radius 3 is 2.95 bits per heavy atom. The zero-order chi connectivity index (χ0) is 13.9. The molecule has 0 unspecified atom stereocenters. The Labute approximate surface area is 115 Å². The molecule has 2 heterocycles. The fourth-order valence-electron chi connectivity index (χ4n) is 2.00. The van der Waals surface area contributed by atoms with Gasteiger partial charge in [-0.25, -0.2) is 14.4 Å². The summed E-state index contributed by atoms with van der Waals surface area (Å²) in [6.45, 7) is 2.92. The van der Waals surface area contributed by atoms with Gasteiger partial charge < -0.3 is 9.73 Å². The van der Waals surface area contributed by atoms with E-state index in [-0.39, 0.29) is 11.4 Å². The minimum absolute atomic E-state index is 0.254. The van der Waals surface area contributed by atoms with Crippen LogP contribution >= 0.6 is 0 Å². The lowest BCUT2D eigenvalue weighted by Crippen LogP contribution is -2.02. The van der Waals surface area contributed by atoms with Crippen LogP contribution in [0.1, 0.15) is 13.3 Å². The first-order valence-electron chi connectivity index (χ1n) is 6.52. The van der Waals surface area contributed by atoms with Crippen molar-refractivity contribution < 1.29 is 8.81 Å². The number of fused-ring (bicyclic) bond motifs is 1. The number of hydrogen-bond acceptors (Lipinski definition) is 4. The third-order valence-corrected chi connectivity index (χ3v) is 2.97. The number of nitrogens with zero attached hydrogens (tertiary/aromatic N) is 2. The van der Waals surface area contributed by atoms with Crippen LogP contribution < -0.4 is 5.32 Å². The van der Waals surface area contributed by atoms with Gasteiger partial charge in [0, 0.05) is 18.0 Å². The average Bonchev–Trinajstić information content (AvgIpc) is 2.91. The average molecular weight is 271 g/mol. The van der Waals surface area contributed by atoms with Crippen LogP contribution in [0.5, 0.6) is 0 Å². The highest BCUT2D eigenvalue weighted by atomic mass is 19.1. The molecule has 0 saturated heterocycles. The number of nitrogens with one attached hydrogen (secondary N) is 1. The van der Waals surface area contributed by atoms with Crippen molar-refractivity contribution in [3.8, 4) is 11.5 Å². The van der Waals surface area contributed by atoms with E-state index in [1.807, 2.05) is 6.07 Å². The summed E-state index contributed by atoms with van der Waals surface area (Å²) in [5.74, 6) is 0.900. The summed E-state index contributed by atoms with van der Waals surface area (Å²) in [5.41, 5.74) is 0.887. The van der Waals surface area contributed by atoms with Gasteiger partial charge in [0.25, 0.3) is 0 Å². The molecule has 0 radical (unpaired) electrons. The first kappa shape index (κ1) is 12.6. The Bertz CT molecular complexity index is 739. The quantitative estimate of drug-likeness (QED) is 0.783. The SMILES string of the molecule is CCCNc1cc(-c2cc3cccc(F)c3o2)ncn1. The van der Waals surface area contributed by atoms with Gasteiger partial charge in [-0.1, -0.05) is 19.1 Å². The number of furan rings is 1. The zero-order valence-electron chi connectivity index (χ0n) is 11.1. The Kier molecular flexibility index (Phi) is 3.33. The van der Waals surface area contributed by atoms with E-state index >= 15 is 0 Å². The third kappa shape index (κ3) is 2.34. The molecule has 102 valence electrons. The topological polar surface area (TPSA) is 51.0 Å². The van der Waals surface area contributed by atoms with E-state index in [0.717, 1.165) is 24.2 Å². The van der Waals surface area contributed by atoms with Gasteiger partial charge in [0.2, 0.25) is 0 Å². The maximum absolute atomic E-state index is 13.6. The van der Waals surface area contributed by atoms with Crippen LogP contribution in [0.2, 0.25) is 0 Å². The van der Waals surface area contributed by atoms with Crippen LogP contribution in [0.25, 0.3) is 22.4 Å². The zero-order valence-corrected chi connectivity index (χ0v) is 11.1. The molecule has 0 spiro atoms. The molecular weight excluding hydrogens is 257 g/mol. The molecule has 0 atom stereocenters. The summed E-state index contributed by atoms with van der Waals surface area (Å²) in [5, 5.41) is 3.91. The summed E-state index contributed by atoms with van der Waals surface area (Å²) in [4.78, 5) is 8.31. The molecule has 0 fully saturated rings. The van der Waals surface area contributed by atoms with Gasteiger partial charge in [-0.2, -0.15) is 0 Å². The number of hydrogen-bond donors (Lipinski definition) is 1. The summed E-state index contributed by atoms with van der Waals surface area (Å²) in [7, 11) is 0. The molecule has 1 aromatic carbocycles. The van der Waals surface area contributed by atoms with Gasteiger partial charge >= 0.3 is 0 Å². The molecule has 20 heavy (non-hydrogen) atoms. The van der Waals surface area contributed by atoms with Crippen LogP contribution in [0.3, 0.4) is 0 Å². The number of aromatic nitrogens is 2. The van der Waals surface area contributed by atoms with E-state index < -0.39 is 0 Å². The highest BCUT2D eigenvalue weighted by Crippen LogP contribution is 2.28. The highest BCUT2D eigenvalue weighted by Gasteiger charge is 2.11. The predicted molar refractivity (Wildman–Crippen MR) is 76.0 cm³/mol. The molecule has 0 amide bonds. The maximum atomic E-state index is 13.6. The number of rotatable bonds is 4. The number of halogens is 1. The van der Waals surface area contributed by atoms with E-state index in [4.69, 9.17) is 4.42 Å². The summed E-state index contributed by atoms with van der Waals surface area (Å²) in [6.07, 6.45) is 2.48. The summed E-state index contributed by atoms with van der Waals surface area (Å²) >= 11 is 0. The number of benzene rings is 1. The van der Waals surface area contributed by atoms with Crippen molar-refractivity contribution in [1.82, 2.24) is 9.97 Å². The molecule has 5 heteroatoms. The second-order valence-electron chi connectivity index (χ2n) is 4.48. The van der Waals surface area contributed by atoms with E-state index in [2.05, 4.69) is 22.2 Å². The van der Waals surface area contributed by atoms with Gasteiger partial charge in [-0.3, -0.25) is 0 Å². The Morgan fingerprint density at radius 1 is 1.25 bits per heavy atom. The minimum Gasteiger partial charge on any atom is -0.451 e. The van der Waals surface area contributed by atoms with Crippen molar-refractivity contribution >= 4 is 16.8 Å². The van der Waals surface area contributed by atoms with E-state index in [1.165, 1.54) is 12.4 Å². The summed E-state index contributed by atoms with van der Waals surface area (Å²) < 4.78 is 19.2. The van der Waals surface area contributed by atoms with Crippen LogP contribution in [-0.4, -0.2) is 16.5 Å². The molecule has 0 aliphatic heterocycles. The molecule has 4 nitrogen and oxygen atoms in total.